The maximum Gasteiger partial charge on any atom is 0.416 e. The lowest BCUT2D eigenvalue weighted by atomic mass is 9.90. The van der Waals surface area contributed by atoms with E-state index < -0.39 is 11.7 Å². The third kappa shape index (κ3) is 4.68. The van der Waals surface area contributed by atoms with E-state index in [9.17, 15) is 13.2 Å². The third-order valence-corrected chi connectivity index (χ3v) is 4.52. The Morgan fingerprint density at radius 1 is 1.17 bits per heavy atom. The molecule has 0 amide bonds. The largest absolute Gasteiger partial charge is 0.416 e. The summed E-state index contributed by atoms with van der Waals surface area (Å²) in [5.41, 5.74) is -0.377. The Labute approximate surface area is 136 Å². The van der Waals surface area contributed by atoms with Crippen LogP contribution in [0.3, 0.4) is 0 Å². The van der Waals surface area contributed by atoms with Crippen LogP contribution in [-0.4, -0.2) is 56.2 Å². The Morgan fingerprint density at radius 2 is 1.78 bits per heavy atom. The maximum absolute atomic E-state index is 13.1. The highest BCUT2D eigenvalue weighted by Crippen LogP contribution is 2.33. The maximum atomic E-state index is 13.1. The SMILES string of the molecule is COC1(CN(C)C)CCN(Cc2ccccc2C(F)(F)F)CC1. The van der Waals surface area contributed by atoms with E-state index in [2.05, 4.69) is 9.80 Å². The number of hydrogen-bond donors (Lipinski definition) is 0. The van der Waals surface area contributed by atoms with Crippen molar-refractivity contribution in [3.05, 3.63) is 35.4 Å². The molecule has 0 aliphatic carbocycles. The summed E-state index contributed by atoms with van der Waals surface area (Å²) in [6.07, 6.45) is -2.64. The normalized spacial score (nSPS) is 19.3. The number of benzene rings is 1. The molecule has 23 heavy (non-hydrogen) atoms. The summed E-state index contributed by atoms with van der Waals surface area (Å²) in [5.74, 6) is 0. The van der Waals surface area contributed by atoms with Gasteiger partial charge < -0.3 is 9.64 Å². The first-order valence-electron chi connectivity index (χ1n) is 7.83. The lowest BCUT2D eigenvalue weighted by molar-refractivity contribution is -0.138. The highest BCUT2D eigenvalue weighted by molar-refractivity contribution is 5.29. The Balaban J connectivity index is 2.02. The molecule has 1 saturated heterocycles. The number of ether oxygens (including phenoxy) is 1. The number of likely N-dealkylation sites (tertiary alicyclic amines) is 1. The third-order valence-electron chi connectivity index (χ3n) is 4.52. The van der Waals surface area contributed by atoms with Crippen molar-refractivity contribution >= 4 is 0 Å². The molecule has 1 aliphatic heterocycles. The quantitative estimate of drug-likeness (QED) is 0.824. The van der Waals surface area contributed by atoms with Gasteiger partial charge in [0, 0.05) is 33.3 Å². The van der Waals surface area contributed by atoms with Crippen molar-refractivity contribution in [2.75, 3.05) is 40.8 Å². The van der Waals surface area contributed by atoms with Crippen LogP contribution in [0, 0.1) is 0 Å². The zero-order valence-electron chi connectivity index (χ0n) is 14.0. The minimum absolute atomic E-state index is 0.191. The van der Waals surface area contributed by atoms with Crippen LogP contribution in [0.25, 0.3) is 0 Å². The van der Waals surface area contributed by atoms with Gasteiger partial charge in [-0.05, 0) is 38.6 Å². The average Bonchev–Trinajstić information content (AvgIpc) is 2.48. The fourth-order valence-corrected chi connectivity index (χ4v) is 3.30. The van der Waals surface area contributed by atoms with Crippen molar-refractivity contribution in [3.8, 4) is 0 Å². The van der Waals surface area contributed by atoms with Crippen molar-refractivity contribution in [1.29, 1.82) is 0 Å². The topological polar surface area (TPSA) is 15.7 Å². The first kappa shape index (κ1) is 18.2. The highest BCUT2D eigenvalue weighted by Gasteiger charge is 2.37. The number of likely N-dealkylation sites (N-methyl/N-ethyl adjacent to an activating group) is 1. The van der Waals surface area contributed by atoms with Crippen LogP contribution in [0.1, 0.15) is 24.0 Å². The van der Waals surface area contributed by atoms with Crippen LogP contribution in [0.5, 0.6) is 0 Å². The molecular weight excluding hydrogens is 305 g/mol. The Morgan fingerprint density at radius 3 is 2.30 bits per heavy atom. The second kappa shape index (κ2) is 7.20. The van der Waals surface area contributed by atoms with Gasteiger partial charge in [0.25, 0.3) is 0 Å². The molecule has 1 aliphatic rings. The van der Waals surface area contributed by atoms with Gasteiger partial charge in [0.15, 0.2) is 0 Å². The number of rotatable bonds is 5. The molecule has 0 atom stereocenters. The summed E-state index contributed by atoms with van der Waals surface area (Å²) in [6.45, 7) is 2.65. The van der Waals surface area contributed by atoms with Crippen molar-refractivity contribution in [3.63, 3.8) is 0 Å². The van der Waals surface area contributed by atoms with Gasteiger partial charge in [0.1, 0.15) is 0 Å². The minimum atomic E-state index is -4.30. The average molecular weight is 330 g/mol. The monoisotopic (exact) mass is 330 g/mol. The van der Waals surface area contributed by atoms with E-state index in [1.165, 1.54) is 6.07 Å². The lowest BCUT2D eigenvalue weighted by Crippen LogP contribution is -2.50. The van der Waals surface area contributed by atoms with Gasteiger partial charge in [-0.3, -0.25) is 4.90 Å². The second-order valence-electron chi connectivity index (χ2n) is 6.56. The van der Waals surface area contributed by atoms with Crippen LogP contribution >= 0.6 is 0 Å². The summed E-state index contributed by atoms with van der Waals surface area (Å²) >= 11 is 0. The first-order chi connectivity index (χ1) is 10.8. The van der Waals surface area contributed by atoms with Gasteiger partial charge >= 0.3 is 6.18 Å². The molecule has 3 nitrogen and oxygen atoms in total. The van der Waals surface area contributed by atoms with Gasteiger partial charge in [-0.25, -0.2) is 0 Å². The number of methoxy groups -OCH3 is 1. The van der Waals surface area contributed by atoms with Crippen molar-refractivity contribution < 1.29 is 17.9 Å². The van der Waals surface area contributed by atoms with Gasteiger partial charge in [0.05, 0.1) is 11.2 Å². The molecule has 0 saturated carbocycles. The van der Waals surface area contributed by atoms with E-state index in [1.54, 1.807) is 19.2 Å². The zero-order chi connectivity index (χ0) is 17.1. The molecule has 1 heterocycles. The van der Waals surface area contributed by atoms with E-state index in [0.717, 1.165) is 38.5 Å². The first-order valence-corrected chi connectivity index (χ1v) is 7.83. The molecule has 2 rings (SSSR count). The number of piperidine rings is 1. The van der Waals surface area contributed by atoms with Gasteiger partial charge in [-0.15, -0.1) is 0 Å². The molecule has 0 radical (unpaired) electrons. The number of nitrogens with zero attached hydrogens (tertiary/aromatic N) is 2. The molecule has 130 valence electrons. The number of hydrogen-bond acceptors (Lipinski definition) is 3. The molecular formula is C17H25F3N2O. The fourth-order valence-electron chi connectivity index (χ4n) is 3.30. The van der Waals surface area contributed by atoms with Crippen molar-refractivity contribution in [1.82, 2.24) is 9.80 Å². The smallest absolute Gasteiger partial charge is 0.377 e. The number of halogens is 3. The molecule has 0 aromatic heterocycles. The summed E-state index contributed by atoms with van der Waals surface area (Å²) < 4.78 is 45.0. The summed E-state index contributed by atoms with van der Waals surface area (Å²) in [5, 5.41) is 0. The molecule has 1 fully saturated rings. The van der Waals surface area contributed by atoms with Crippen molar-refractivity contribution in [2.24, 2.45) is 0 Å². The van der Waals surface area contributed by atoms with Gasteiger partial charge in [0.2, 0.25) is 0 Å². The van der Waals surface area contributed by atoms with Crippen LogP contribution in [0.2, 0.25) is 0 Å². The van der Waals surface area contributed by atoms with E-state index in [4.69, 9.17) is 4.74 Å². The predicted molar refractivity (Wildman–Crippen MR) is 84.2 cm³/mol. The summed E-state index contributed by atoms with van der Waals surface area (Å²) in [4.78, 5) is 4.18. The molecule has 0 spiro atoms. The predicted octanol–water partition coefficient (Wildman–Crippen LogP) is 3.25. The van der Waals surface area contributed by atoms with Crippen LogP contribution in [-0.2, 0) is 17.5 Å². The van der Waals surface area contributed by atoms with Crippen LogP contribution in [0.4, 0.5) is 13.2 Å². The van der Waals surface area contributed by atoms with Crippen LogP contribution in [0.15, 0.2) is 24.3 Å². The summed E-state index contributed by atoms with van der Waals surface area (Å²) in [6, 6.07) is 5.83. The highest BCUT2D eigenvalue weighted by atomic mass is 19.4. The van der Waals surface area contributed by atoms with E-state index in [-0.39, 0.29) is 5.60 Å². The molecule has 1 aromatic rings. The zero-order valence-corrected chi connectivity index (χ0v) is 14.0. The lowest BCUT2D eigenvalue weighted by Gasteiger charge is -2.42. The standard InChI is InChI=1S/C17H25F3N2O/c1-21(2)13-16(23-3)8-10-22(11-9-16)12-14-6-4-5-7-15(14)17(18,19)20/h4-7H,8-13H2,1-3H3. The number of alkyl halides is 3. The van der Waals surface area contributed by atoms with Crippen LogP contribution < -0.4 is 0 Å². The summed E-state index contributed by atoms with van der Waals surface area (Å²) in [7, 11) is 5.73. The molecule has 1 aromatic carbocycles. The molecule has 0 unspecified atom stereocenters. The second-order valence-corrected chi connectivity index (χ2v) is 6.56. The van der Waals surface area contributed by atoms with Gasteiger partial charge in [-0.2, -0.15) is 13.2 Å². The molecule has 0 N–H and O–H groups in total. The fraction of sp³-hybridized carbons (Fsp3) is 0.647. The van der Waals surface area contributed by atoms with E-state index in [0.29, 0.717) is 12.1 Å². The van der Waals surface area contributed by atoms with E-state index in [1.807, 2.05) is 14.1 Å². The van der Waals surface area contributed by atoms with Gasteiger partial charge in [-0.1, -0.05) is 18.2 Å². The molecule has 0 bridgehead atoms. The van der Waals surface area contributed by atoms with Crippen molar-refractivity contribution in [2.45, 2.75) is 31.2 Å². The Kier molecular flexibility index (Phi) is 5.70. The Hall–Kier alpha value is -1.11. The van der Waals surface area contributed by atoms with E-state index >= 15 is 0 Å². The molecule has 6 heteroatoms. The Bertz CT molecular complexity index is 509. The minimum Gasteiger partial charge on any atom is -0.377 e.